The minimum absolute atomic E-state index is 0.0452. The Morgan fingerprint density at radius 1 is 1.31 bits per heavy atom. The van der Waals surface area contributed by atoms with Crippen molar-refractivity contribution in [1.29, 1.82) is 0 Å². The minimum Gasteiger partial charge on any atom is -0.396 e. The van der Waals surface area contributed by atoms with Crippen molar-refractivity contribution < 1.29 is 5.11 Å². The predicted octanol–water partition coefficient (Wildman–Crippen LogP) is 1.70. The fraction of sp³-hybridized carbons (Fsp3) is 0.455. The van der Waals surface area contributed by atoms with Crippen molar-refractivity contribution >= 4 is 0 Å². The van der Waals surface area contributed by atoms with Gasteiger partial charge in [0.05, 0.1) is 0 Å². The number of rotatable bonds is 4. The molecular formula is C11H17NO. The number of aliphatic hydroxyl groups excluding tert-OH is 1. The molecule has 3 N–H and O–H groups in total. The van der Waals surface area contributed by atoms with Crippen molar-refractivity contribution in [3.05, 3.63) is 35.9 Å². The van der Waals surface area contributed by atoms with Crippen LogP contribution >= 0.6 is 0 Å². The highest BCUT2D eigenvalue weighted by Crippen LogP contribution is 2.21. The average Bonchev–Trinajstić information content (AvgIpc) is 2.21. The lowest BCUT2D eigenvalue weighted by Gasteiger charge is -2.20. The smallest absolute Gasteiger partial charge is 0.0477 e. The fourth-order valence-corrected chi connectivity index (χ4v) is 1.44. The van der Waals surface area contributed by atoms with Crippen LogP contribution in [0, 0.1) is 5.92 Å². The molecule has 0 bridgehead atoms. The second kappa shape index (κ2) is 5.00. The summed E-state index contributed by atoms with van der Waals surface area (Å²) >= 11 is 0. The third-order valence-electron chi connectivity index (χ3n) is 2.45. The summed E-state index contributed by atoms with van der Waals surface area (Å²) in [5, 5.41) is 9.08. The molecule has 0 fully saturated rings. The Labute approximate surface area is 79.4 Å². The zero-order valence-corrected chi connectivity index (χ0v) is 7.98. The van der Waals surface area contributed by atoms with Crippen LogP contribution in [0.1, 0.15) is 24.9 Å². The molecule has 0 heterocycles. The molecule has 1 aromatic carbocycles. The van der Waals surface area contributed by atoms with Crippen LogP contribution in [0.3, 0.4) is 0 Å². The second-order valence-corrected chi connectivity index (χ2v) is 3.29. The Bertz CT molecular complexity index is 231. The van der Waals surface area contributed by atoms with Gasteiger partial charge in [0.15, 0.2) is 0 Å². The number of hydrogen-bond donors (Lipinski definition) is 2. The highest BCUT2D eigenvalue weighted by molar-refractivity contribution is 5.19. The van der Waals surface area contributed by atoms with E-state index in [4.69, 9.17) is 10.8 Å². The van der Waals surface area contributed by atoms with E-state index in [-0.39, 0.29) is 18.6 Å². The van der Waals surface area contributed by atoms with Gasteiger partial charge >= 0.3 is 0 Å². The predicted molar refractivity (Wildman–Crippen MR) is 54.2 cm³/mol. The summed E-state index contributed by atoms with van der Waals surface area (Å²) in [7, 11) is 0. The normalized spacial score (nSPS) is 15.3. The lowest BCUT2D eigenvalue weighted by atomic mass is 9.92. The minimum atomic E-state index is -0.0452. The van der Waals surface area contributed by atoms with E-state index < -0.39 is 0 Å². The number of benzene rings is 1. The summed E-state index contributed by atoms with van der Waals surface area (Å²) in [6.45, 7) is 2.20. The Balaban J connectivity index is 2.72. The second-order valence-electron chi connectivity index (χ2n) is 3.29. The van der Waals surface area contributed by atoms with E-state index in [0.717, 1.165) is 12.0 Å². The monoisotopic (exact) mass is 179 g/mol. The lowest BCUT2D eigenvalue weighted by molar-refractivity contribution is 0.200. The summed E-state index contributed by atoms with van der Waals surface area (Å²) in [5.74, 6) is 0.169. The van der Waals surface area contributed by atoms with Gasteiger partial charge in [0, 0.05) is 18.6 Å². The van der Waals surface area contributed by atoms with Crippen LogP contribution in [0.4, 0.5) is 0 Å². The third kappa shape index (κ3) is 2.54. The van der Waals surface area contributed by atoms with E-state index in [0.29, 0.717) is 0 Å². The molecule has 0 aromatic heterocycles. The van der Waals surface area contributed by atoms with Gasteiger partial charge in [-0.15, -0.1) is 0 Å². The molecule has 0 aliphatic rings. The summed E-state index contributed by atoms with van der Waals surface area (Å²) in [6, 6.07) is 9.87. The fourth-order valence-electron chi connectivity index (χ4n) is 1.44. The molecule has 13 heavy (non-hydrogen) atoms. The van der Waals surface area contributed by atoms with Gasteiger partial charge in [0.25, 0.3) is 0 Å². The Kier molecular flexibility index (Phi) is 3.93. The van der Waals surface area contributed by atoms with E-state index in [1.54, 1.807) is 0 Å². The van der Waals surface area contributed by atoms with Crippen LogP contribution in [-0.2, 0) is 0 Å². The molecule has 0 aliphatic carbocycles. The maximum atomic E-state index is 9.08. The van der Waals surface area contributed by atoms with Crippen LogP contribution < -0.4 is 5.73 Å². The maximum absolute atomic E-state index is 9.08. The van der Waals surface area contributed by atoms with Crippen LogP contribution in [0.25, 0.3) is 0 Å². The molecule has 1 aromatic rings. The number of nitrogens with two attached hydrogens (primary N) is 1. The summed E-state index contributed by atoms with van der Waals surface area (Å²) in [4.78, 5) is 0. The summed E-state index contributed by atoms with van der Waals surface area (Å²) < 4.78 is 0. The molecule has 0 radical (unpaired) electrons. The van der Waals surface area contributed by atoms with Gasteiger partial charge in [0.2, 0.25) is 0 Å². The molecular weight excluding hydrogens is 162 g/mol. The Hall–Kier alpha value is -0.860. The molecule has 2 atom stereocenters. The highest BCUT2D eigenvalue weighted by atomic mass is 16.3. The molecule has 2 unspecified atom stereocenters. The van der Waals surface area contributed by atoms with Crippen molar-refractivity contribution in [2.24, 2.45) is 11.7 Å². The molecule has 72 valence electrons. The van der Waals surface area contributed by atoms with Gasteiger partial charge in [-0.1, -0.05) is 37.3 Å². The van der Waals surface area contributed by atoms with E-state index in [1.165, 1.54) is 0 Å². The van der Waals surface area contributed by atoms with Gasteiger partial charge in [0.1, 0.15) is 0 Å². The summed E-state index contributed by atoms with van der Waals surface area (Å²) in [5.41, 5.74) is 7.10. The van der Waals surface area contributed by atoms with E-state index in [9.17, 15) is 0 Å². The van der Waals surface area contributed by atoms with Crippen molar-refractivity contribution in [2.75, 3.05) is 6.61 Å². The topological polar surface area (TPSA) is 46.2 Å². The van der Waals surface area contributed by atoms with Gasteiger partial charge in [-0.3, -0.25) is 0 Å². The van der Waals surface area contributed by atoms with Crippen LogP contribution in [-0.4, -0.2) is 11.7 Å². The first-order valence-electron chi connectivity index (χ1n) is 4.71. The van der Waals surface area contributed by atoms with Crippen LogP contribution in [0.15, 0.2) is 30.3 Å². The first-order valence-corrected chi connectivity index (χ1v) is 4.71. The zero-order chi connectivity index (χ0) is 9.68. The van der Waals surface area contributed by atoms with E-state index in [2.05, 4.69) is 0 Å². The lowest BCUT2D eigenvalue weighted by Crippen LogP contribution is -2.23. The average molecular weight is 179 g/mol. The van der Waals surface area contributed by atoms with Crippen LogP contribution in [0.5, 0.6) is 0 Å². The Morgan fingerprint density at radius 3 is 2.38 bits per heavy atom. The molecule has 2 heteroatoms. The van der Waals surface area contributed by atoms with Crippen molar-refractivity contribution in [3.63, 3.8) is 0 Å². The zero-order valence-electron chi connectivity index (χ0n) is 7.98. The van der Waals surface area contributed by atoms with Crippen molar-refractivity contribution in [2.45, 2.75) is 19.4 Å². The van der Waals surface area contributed by atoms with Gasteiger partial charge < -0.3 is 10.8 Å². The maximum Gasteiger partial charge on any atom is 0.0477 e. The Morgan fingerprint density at radius 2 is 1.92 bits per heavy atom. The SMILES string of the molecule is CCC(CO)C(N)c1ccccc1. The molecule has 0 saturated carbocycles. The largest absolute Gasteiger partial charge is 0.396 e. The molecule has 0 aliphatic heterocycles. The molecule has 0 spiro atoms. The molecule has 0 saturated heterocycles. The first-order chi connectivity index (χ1) is 6.29. The van der Waals surface area contributed by atoms with Crippen molar-refractivity contribution in [3.8, 4) is 0 Å². The third-order valence-corrected chi connectivity index (χ3v) is 2.45. The van der Waals surface area contributed by atoms with E-state index >= 15 is 0 Å². The first kappa shape index (κ1) is 10.2. The quantitative estimate of drug-likeness (QED) is 0.739. The molecule has 2 nitrogen and oxygen atoms in total. The van der Waals surface area contributed by atoms with Crippen molar-refractivity contribution in [1.82, 2.24) is 0 Å². The van der Waals surface area contributed by atoms with Crippen LogP contribution in [0.2, 0.25) is 0 Å². The number of hydrogen-bond acceptors (Lipinski definition) is 2. The van der Waals surface area contributed by atoms with Gasteiger partial charge in [-0.2, -0.15) is 0 Å². The van der Waals surface area contributed by atoms with E-state index in [1.807, 2.05) is 37.3 Å². The standard InChI is InChI=1S/C11H17NO/c1-2-9(8-13)11(12)10-6-4-3-5-7-10/h3-7,9,11,13H,2,8,12H2,1H3. The molecule has 1 rings (SSSR count). The number of aliphatic hydroxyl groups is 1. The van der Waals surface area contributed by atoms with Gasteiger partial charge in [-0.05, 0) is 12.0 Å². The summed E-state index contributed by atoms with van der Waals surface area (Å²) in [6.07, 6.45) is 0.909. The van der Waals surface area contributed by atoms with Gasteiger partial charge in [-0.25, -0.2) is 0 Å². The molecule has 0 amide bonds. The highest BCUT2D eigenvalue weighted by Gasteiger charge is 2.15.